The van der Waals surface area contributed by atoms with Gasteiger partial charge < -0.3 is 31.2 Å². The van der Waals surface area contributed by atoms with Gasteiger partial charge in [0.15, 0.2) is 5.13 Å². The Bertz CT molecular complexity index is 1650. The van der Waals surface area contributed by atoms with E-state index in [4.69, 9.17) is 15.5 Å². The molecule has 14 heteroatoms. The van der Waals surface area contributed by atoms with Gasteiger partial charge in [-0.1, -0.05) is 29.5 Å². The second kappa shape index (κ2) is 12.6. The van der Waals surface area contributed by atoms with E-state index in [-0.39, 0.29) is 18.3 Å². The molecule has 3 amide bonds. The van der Waals surface area contributed by atoms with E-state index >= 15 is 0 Å². The van der Waals surface area contributed by atoms with E-state index in [2.05, 4.69) is 30.9 Å². The highest BCUT2D eigenvalue weighted by molar-refractivity contribution is 7.23. The number of ether oxygens (including phenoxy) is 1. The van der Waals surface area contributed by atoms with Crippen LogP contribution in [0.1, 0.15) is 16.1 Å². The Morgan fingerprint density at radius 2 is 2.00 bits per heavy atom. The fourth-order valence-electron chi connectivity index (χ4n) is 3.91. The molecule has 1 atom stereocenters. The molecule has 0 aliphatic carbocycles. The molecule has 0 fully saturated rings. The molecule has 3 aromatic heterocycles. The topological polar surface area (TPSA) is 180 Å². The zero-order valence-electron chi connectivity index (χ0n) is 21.7. The van der Waals surface area contributed by atoms with Crippen molar-refractivity contribution in [2.45, 2.75) is 12.5 Å². The minimum atomic E-state index is -0.517. The van der Waals surface area contributed by atoms with Crippen molar-refractivity contribution in [2.75, 3.05) is 30.1 Å². The van der Waals surface area contributed by atoms with Gasteiger partial charge in [0.25, 0.3) is 5.91 Å². The number of H-pyrrole nitrogens is 1. The number of aromatic amines is 1. The summed E-state index contributed by atoms with van der Waals surface area (Å²) in [4.78, 5) is 41.7. The molecule has 0 aliphatic heterocycles. The summed E-state index contributed by atoms with van der Waals surface area (Å²) in [6.07, 6.45) is 3.56. The number of benzene rings is 2. The Hall–Kier alpha value is -4.79. The van der Waals surface area contributed by atoms with Gasteiger partial charge in [-0.15, -0.1) is 11.3 Å². The van der Waals surface area contributed by atoms with Crippen LogP contribution >= 0.6 is 22.7 Å². The molecule has 0 bridgehead atoms. The number of thiazole rings is 2. The number of hydrogen-bond donors (Lipinski definition) is 6. The fourth-order valence-corrected chi connectivity index (χ4v) is 5.72. The summed E-state index contributed by atoms with van der Waals surface area (Å²) in [7, 11) is 1.55. The molecular weight excluding hydrogens is 564 g/mol. The monoisotopic (exact) mass is 590 g/mol. The maximum Gasteiger partial charge on any atom is 0.321 e. The van der Waals surface area contributed by atoms with Gasteiger partial charge in [0.2, 0.25) is 0 Å². The van der Waals surface area contributed by atoms with Gasteiger partial charge in [0.1, 0.15) is 21.5 Å². The lowest BCUT2D eigenvalue weighted by atomic mass is 10.1. The molecule has 3 heterocycles. The number of methoxy groups -OCH3 is 1. The number of imidazole rings is 1. The van der Waals surface area contributed by atoms with Crippen LogP contribution in [-0.4, -0.2) is 56.7 Å². The number of aliphatic hydroxyl groups is 1. The summed E-state index contributed by atoms with van der Waals surface area (Å²) < 4.78 is 5.20. The minimum absolute atomic E-state index is 0.238. The van der Waals surface area contributed by atoms with Gasteiger partial charge in [0, 0.05) is 40.5 Å². The SMILES string of the molecule is COc1cccc(C(=O)Nc2cccc(-c3csc(-c4sc(NC(=O)N[C@H](CO)Cc5cnc[nH]5)nc4N)n3)c2)c1. The average molecular weight is 591 g/mol. The van der Waals surface area contributed by atoms with Gasteiger partial charge in [-0.2, -0.15) is 0 Å². The standard InChI is InChI=1S/C27H26N8O4S2/c1-39-20-7-3-5-16(9-20)24(37)31-17-6-2-4-15(8-17)21-13-40-25(33-21)22-23(28)34-27(41-22)35-26(38)32-19(12-36)10-18-11-29-14-30-18/h2-9,11,13-14,19,36H,10,12,28H2,1H3,(H,29,30)(H,31,37)(H2,32,34,35,38)/t19-/m0/s1. The second-order valence-corrected chi connectivity index (χ2v) is 10.7. The number of carbonyl (C=O) groups is 2. The van der Waals surface area contributed by atoms with Crippen LogP contribution in [0.4, 0.5) is 21.4 Å². The zero-order chi connectivity index (χ0) is 28.8. The smallest absolute Gasteiger partial charge is 0.321 e. The molecule has 5 rings (SSSR count). The number of nitrogen functional groups attached to an aromatic ring is 1. The third kappa shape index (κ3) is 6.87. The summed E-state index contributed by atoms with van der Waals surface area (Å²) in [5, 5.41) is 20.7. The first kappa shape index (κ1) is 27.8. The number of nitrogens with two attached hydrogens (primary N) is 1. The lowest BCUT2D eigenvalue weighted by Gasteiger charge is -2.15. The number of aliphatic hydroxyl groups excluding tert-OH is 1. The van der Waals surface area contributed by atoms with Crippen LogP contribution in [0.15, 0.2) is 66.4 Å². The van der Waals surface area contributed by atoms with Crippen LogP contribution < -0.4 is 26.4 Å². The number of urea groups is 1. The Morgan fingerprint density at radius 1 is 1.15 bits per heavy atom. The van der Waals surface area contributed by atoms with E-state index < -0.39 is 12.1 Å². The molecule has 0 aliphatic rings. The molecule has 0 spiro atoms. The summed E-state index contributed by atoms with van der Waals surface area (Å²) >= 11 is 2.58. The van der Waals surface area contributed by atoms with Gasteiger partial charge >= 0.3 is 6.03 Å². The number of amides is 3. The van der Waals surface area contributed by atoms with Crippen molar-refractivity contribution in [3.05, 3.63) is 77.7 Å². The first-order valence-corrected chi connectivity index (χ1v) is 14.0. The highest BCUT2D eigenvalue weighted by Gasteiger charge is 2.18. The predicted octanol–water partition coefficient (Wildman–Crippen LogP) is 4.22. The van der Waals surface area contributed by atoms with E-state index in [1.165, 1.54) is 29.0 Å². The van der Waals surface area contributed by atoms with Gasteiger partial charge in [-0.25, -0.2) is 19.7 Å². The highest BCUT2D eigenvalue weighted by atomic mass is 32.1. The van der Waals surface area contributed by atoms with Crippen molar-refractivity contribution in [3.8, 4) is 26.9 Å². The molecule has 41 heavy (non-hydrogen) atoms. The third-order valence-electron chi connectivity index (χ3n) is 5.90. The van der Waals surface area contributed by atoms with Gasteiger partial charge in [-0.3, -0.25) is 10.1 Å². The minimum Gasteiger partial charge on any atom is -0.497 e. The summed E-state index contributed by atoms with van der Waals surface area (Å²) in [6, 6.07) is 13.3. The molecule has 0 radical (unpaired) electrons. The Balaban J connectivity index is 1.25. The molecule has 0 saturated carbocycles. The number of nitrogens with zero attached hydrogens (tertiary/aromatic N) is 3. The quantitative estimate of drug-likeness (QED) is 0.140. The summed E-state index contributed by atoms with van der Waals surface area (Å²) in [5.41, 5.74) is 9.55. The third-order valence-corrected chi connectivity index (χ3v) is 7.88. The number of carbonyl (C=O) groups excluding carboxylic acids is 2. The second-order valence-electron chi connectivity index (χ2n) is 8.80. The Morgan fingerprint density at radius 3 is 2.78 bits per heavy atom. The first-order chi connectivity index (χ1) is 19.9. The number of hydrogen-bond acceptors (Lipinski definition) is 10. The van der Waals surface area contributed by atoms with Crippen LogP contribution in [-0.2, 0) is 6.42 Å². The summed E-state index contributed by atoms with van der Waals surface area (Å²) in [5.74, 6) is 0.581. The largest absolute Gasteiger partial charge is 0.497 e. The van der Waals surface area contributed by atoms with Crippen molar-refractivity contribution in [3.63, 3.8) is 0 Å². The normalized spacial score (nSPS) is 11.6. The van der Waals surface area contributed by atoms with E-state index in [1.807, 2.05) is 23.6 Å². The lowest BCUT2D eigenvalue weighted by Crippen LogP contribution is -2.41. The van der Waals surface area contributed by atoms with Crippen LogP contribution in [0.25, 0.3) is 21.1 Å². The molecule has 2 aromatic carbocycles. The predicted molar refractivity (Wildman–Crippen MR) is 159 cm³/mol. The molecule has 0 saturated heterocycles. The first-order valence-electron chi connectivity index (χ1n) is 12.4. The highest BCUT2D eigenvalue weighted by Crippen LogP contribution is 2.38. The lowest BCUT2D eigenvalue weighted by molar-refractivity contribution is 0.102. The Kier molecular flexibility index (Phi) is 8.53. The number of nitrogens with one attached hydrogen (secondary N) is 4. The van der Waals surface area contributed by atoms with Gasteiger partial charge in [0.05, 0.1) is 31.8 Å². The molecule has 210 valence electrons. The van der Waals surface area contributed by atoms with Crippen molar-refractivity contribution in [1.29, 1.82) is 0 Å². The van der Waals surface area contributed by atoms with Crippen LogP contribution in [0.2, 0.25) is 0 Å². The average Bonchev–Trinajstić information content (AvgIpc) is 3.74. The molecule has 0 unspecified atom stereocenters. The van der Waals surface area contributed by atoms with Crippen molar-refractivity contribution in [2.24, 2.45) is 0 Å². The molecule has 5 aromatic rings. The zero-order valence-corrected chi connectivity index (χ0v) is 23.4. The molecular formula is C27H26N8O4S2. The van der Waals surface area contributed by atoms with E-state index in [0.717, 1.165) is 11.3 Å². The fraction of sp³-hybridized carbons (Fsp3) is 0.148. The van der Waals surface area contributed by atoms with Crippen molar-refractivity contribution >= 4 is 51.2 Å². The van der Waals surface area contributed by atoms with E-state index in [1.54, 1.807) is 43.6 Å². The summed E-state index contributed by atoms with van der Waals surface area (Å²) in [6.45, 7) is -0.245. The van der Waals surface area contributed by atoms with Crippen LogP contribution in [0, 0.1) is 0 Å². The number of rotatable bonds is 10. The van der Waals surface area contributed by atoms with Crippen LogP contribution in [0.5, 0.6) is 5.75 Å². The maximum atomic E-state index is 12.7. The van der Waals surface area contributed by atoms with E-state index in [9.17, 15) is 14.7 Å². The van der Waals surface area contributed by atoms with Crippen LogP contribution in [0.3, 0.4) is 0 Å². The number of anilines is 3. The van der Waals surface area contributed by atoms with Gasteiger partial charge in [-0.05, 0) is 30.3 Å². The van der Waals surface area contributed by atoms with Crippen molar-refractivity contribution < 1.29 is 19.4 Å². The number of aromatic nitrogens is 4. The van der Waals surface area contributed by atoms with Crippen molar-refractivity contribution in [1.82, 2.24) is 25.3 Å². The van der Waals surface area contributed by atoms with E-state index in [0.29, 0.717) is 44.1 Å². The molecule has 7 N–H and O–H groups in total. The maximum absolute atomic E-state index is 12.7. The Labute approximate surface area is 242 Å². The molecule has 12 nitrogen and oxygen atoms in total.